The molecule has 1 N–H and O–H groups in total. The van der Waals surface area contributed by atoms with Crippen LogP contribution in [0.1, 0.15) is 22.4 Å². The average molecular weight is 397 g/mol. The Morgan fingerprint density at radius 2 is 2.00 bits per heavy atom. The molecule has 0 atom stereocenters. The Morgan fingerprint density at radius 1 is 1.19 bits per heavy atom. The maximum atomic E-state index is 12.9. The third-order valence-corrected chi connectivity index (χ3v) is 5.51. The number of aromatic nitrogens is 3. The summed E-state index contributed by atoms with van der Waals surface area (Å²) < 4.78 is 2.52. The molecule has 0 aliphatic carbocycles. The number of aryl methyl sites for hydroxylation is 3. The molecule has 0 saturated heterocycles. The highest BCUT2D eigenvalue weighted by Crippen LogP contribution is 2.29. The smallest absolute Gasteiger partial charge is 0.280 e. The molecule has 4 rings (SSSR count). The van der Waals surface area contributed by atoms with Gasteiger partial charge in [-0.1, -0.05) is 40.6 Å². The first-order valence-electron chi connectivity index (χ1n) is 8.42. The number of rotatable bonds is 3. The van der Waals surface area contributed by atoms with Crippen molar-refractivity contribution >= 4 is 44.5 Å². The van der Waals surface area contributed by atoms with E-state index in [1.807, 2.05) is 45.0 Å². The summed E-state index contributed by atoms with van der Waals surface area (Å²) in [5.41, 5.74) is 5.01. The van der Waals surface area contributed by atoms with Gasteiger partial charge in [0.05, 0.1) is 21.5 Å². The van der Waals surface area contributed by atoms with Gasteiger partial charge in [0.25, 0.3) is 5.56 Å². The van der Waals surface area contributed by atoms with Crippen LogP contribution in [0.3, 0.4) is 0 Å². The number of benzene rings is 2. The maximum absolute atomic E-state index is 12.9. The van der Waals surface area contributed by atoms with Gasteiger partial charge in [-0.3, -0.25) is 9.89 Å². The molecule has 0 unspecified atom stereocenters. The molecule has 4 aromatic rings. The molecule has 0 aliphatic rings. The van der Waals surface area contributed by atoms with Gasteiger partial charge in [-0.05, 0) is 50.6 Å². The van der Waals surface area contributed by atoms with Gasteiger partial charge in [0.1, 0.15) is 0 Å². The molecular weight excluding hydrogens is 380 g/mol. The molecule has 7 heteroatoms. The summed E-state index contributed by atoms with van der Waals surface area (Å²) in [4.78, 5) is 21.7. The minimum atomic E-state index is -0.132. The predicted molar refractivity (Wildman–Crippen MR) is 112 cm³/mol. The summed E-state index contributed by atoms with van der Waals surface area (Å²) in [5.74, 6) is 0. The van der Waals surface area contributed by atoms with Gasteiger partial charge in [-0.2, -0.15) is 0 Å². The number of aliphatic imine (C=N–C) groups is 1. The summed E-state index contributed by atoms with van der Waals surface area (Å²) in [6, 6.07) is 11.5. The van der Waals surface area contributed by atoms with Crippen LogP contribution in [-0.2, 0) is 0 Å². The standard InChI is InChI=1S/C20H17ClN4OS/c1-11-4-7-17(12(2)8-11)25-19(26)15(13(3)24-25)10-22-20-23-16-6-5-14(21)9-18(16)27-20/h4-10,24H,1-3H3. The lowest BCUT2D eigenvalue weighted by Gasteiger charge is -2.06. The van der Waals surface area contributed by atoms with E-state index < -0.39 is 0 Å². The number of aromatic amines is 1. The highest BCUT2D eigenvalue weighted by Gasteiger charge is 2.13. The maximum Gasteiger partial charge on any atom is 0.280 e. The summed E-state index contributed by atoms with van der Waals surface area (Å²) >= 11 is 7.46. The number of fused-ring (bicyclic) bond motifs is 1. The lowest BCUT2D eigenvalue weighted by Crippen LogP contribution is -2.18. The molecular formula is C20H17ClN4OS. The Morgan fingerprint density at radius 3 is 2.78 bits per heavy atom. The highest BCUT2D eigenvalue weighted by molar-refractivity contribution is 7.22. The van der Waals surface area contributed by atoms with Gasteiger partial charge < -0.3 is 0 Å². The number of H-pyrrole nitrogens is 1. The zero-order valence-electron chi connectivity index (χ0n) is 15.1. The number of hydrogen-bond donors (Lipinski definition) is 1. The molecule has 0 radical (unpaired) electrons. The van der Waals surface area contributed by atoms with E-state index in [0.717, 1.165) is 32.7 Å². The van der Waals surface area contributed by atoms with E-state index >= 15 is 0 Å². The number of halogens is 1. The van der Waals surface area contributed by atoms with E-state index in [2.05, 4.69) is 21.1 Å². The Hall–Kier alpha value is -2.70. The van der Waals surface area contributed by atoms with Crippen molar-refractivity contribution in [2.45, 2.75) is 20.8 Å². The summed E-state index contributed by atoms with van der Waals surface area (Å²) in [7, 11) is 0. The molecule has 2 aromatic carbocycles. The van der Waals surface area contributed by atoms with Crippen LogP contribution in [0.4, 0.5) is 5.13 Å². The quantitative estimate of drug-likeness (QED) is 0.489. The fraction of sp³-hybridized carbons (Fsp3) is 0.150. The van der Waals surface area contributed by atoms with E-state index in [1.54, 1.807) is 17.0 Å². The van der Waals surface area contributed by atoms with Crippen LogP contribution in [0.15, 0.2) is 46.2 Å². The largest absolute Gasteiger partial charge is 0.295 e. The lowest BCUT2D eigenvalue weighted by atomic mass is 10.1. The van der Waals surface area contributed by atoms with Crippen molar-refractivity contribution in [2.75, 3.05) is 0 Å². The van der Waals surface area contributed by atoms with Gasteiger partial charge in [-0.25, -0.2) is 14.7 Å². The van der Waals surface area contributed by atoms with Crippen molar-refractivity contribution in [1.82, 2.24) is 14.8 Å². The second-order valence-corrected chi connectivity index (χ2v) is 7.89. The third kappa shape index (κ3) is 3.34. The van der Waals surface area contributed by atoms with E-state index in [0.29, 0.717) is 15.7 Å². The van der Waals surface area contributed by atoms with E-state index in [9.17, 15) is 4.79 Å². The fourth-order valence-corrected chi connectivity index (χ4v) is 4.09. The Balaban J connectivity index is 1.72. The molecule has 0 aliphatic heterocycles. The number of nitrogens with one attached hydrogen (secondary N) is 1. The molecule has 0 saturated carbocycles. The Labute approximate surface area is 165 Å². The first-order valence-corrected chi connectivity index (χ1v) is 9.61. The number of nitrogens with zero attached hydrogens (tertiary/aromatic N) is 3. The van der Waals surface area contributed by atoms with Crippen LogP contribution in [0.5, 0.6) is 0 Å². The zero-order chi connectivity index (χ0) is 19.1. The van der Waals surface area contributed by atoms with Crippen molar-refractivity contribution in [2.24, 2.45) is 4.99 Å². The monoisotopic (exact) mass is 396 g/mol. The summed E-state index contributed by atoms with van der Waals surface area (Å²) in [5, 5.41) is 4.39. The number of hydrogen-bond acceptors (Lipinski definition) is 4. The minimum Gasteiger partial charge on any atom is -0.295 e. The van der Waals surface area contributed by atoms with Crippen molar-refractivity contribution in [3.63, 3.8) is 0 Å². The van der Waals surface area contributed by atoms with Gasteiger partial charge >= 0.3 is 0 Å². The normalized spacial score (nSPS) is 11.7. The van der Waals surface area contributed by atoms with Crippen LogP contribution in [-0.4, -0.2) is 21.0 Å². The second kappa shape index (κ2) is 6.79. The van der Waals surface area contributed by atoms with Crippen LogP contribution in [0.2, 0.25) is 5.02 Å². The number of thiazole rings is 1. The molecule has 0 amide bonds. The summed E-state index contributed by atoms with van der Waals surface area (Å²) in [6.07, 6.45) is 1.58. The molecule has 27 heavy (non-hydrogen) atoms. The Bertz CT molecular complexity index is 1250. The molecule has 136 valence electrons. The van der Waals surface area contributed by atoms with E-state index in [-0.39, 0.29) is 5.56 Å². The SMILES string of the molecule is Cc1ccc(-n2[nH]c(C)c(C=Nc3nc4ccc(Cl)cc4s3)c2=O)c(C)c1. The van der Waals surface area contributed by atoms with Gasteiger partial charge in [0.15, 0.2) is 0 Å². The second-order valence-electron chi connectivity index (χ2n) is 6.45. The van der Waals surface area contributed by atoms with E-state index in [1.165, 1.54) is 11.3 Å². The molecule has 2 aromatic heterocycles. The molecule has 0 spiro atoms. The third-order valence-electron chi connectivity index (χ3n) is 4.35. The van der Waals surface area contributed by atoms with Crippen LogP contribution in [0.25, 0.3) is 15.9 Å². The van der Waals surface area contributed by atoms with Crippen molar-refractivity contribution in [3.8, 4) is 5.69 Å². The van der Waals surface area contributed by atoms with E-state index in [4.69, 9.17) is 11.6 Å². The van der Waals surface area contributed by atoms with Gasteiger partial charge in [-0.15, -0.1) is 0 Å². The molecule has 0 fully saturated rings. The molecule has 2 heterocycles. The minimum absolute atomic E-state index is 0.132. The van der Waals surface area contributed by atoms with Gasteiger partial charge in [0, 0.05) is 16.9 Å². The fourth-order valence-electron chi connectivity index (χ4n) is 3.00. The van der Waals surface area contributed by atoms with Crippen molar-refractivity contribution in [1.29, 1.82) is 0 Å². The average Bonchev–Trinajstić information content (AvgIpc) is 3.13. The predicted octanol–water partition coefficient (Wildman–Crippen LogP) is 5.10. The Kier molecular flexibility index (Phi) is 4.45. The highest BCUT2D eigenvalue weighted by atomic mass is 35.5. The first kappa shape index (κ1) is 17.7. The van der Waals surface area contributed by atoms with Crippen LogP contribution < -0.4 is 5.56 Å². The van der Waals surface area contributed by atoms with Crippen molar-refractivity contribution in [3.05, 3.63) is 74.2 Å². The lowest BCUT2D eigenvalue weighted by molar-refractivity contribution is 0.828. The molecule has 0 bridgehead atoms. The topological polar surface area (TPSA) is 63.0 Å². The molecule has 5 nitrogen and oxygen atoms in total. The van der Waals surface area contributed by atoms with Gasteiger partial charge in [0.2, 0.25) is 5.13 Å². The summed E-state index contributed by atoms with van der Waals surface area (Å²) in [6.45, 7) is 5.88. The van der Waals surface area contributed by atoms with Crippen molar-refractivity contribution < 1.29 is 0 Å². The zero-order valence-corrected chi connectivity index (χ0v) is 16.6. The van der Waals surface area contributed by atoms with Crippen LogP contribution >= 0.6 is 22.9 Å². The van der Waals surface area contributed by atoms with Crippen LogP contribution in [0, 0.1) is 20.8 Å². The first-order chi connectivity index (χ1) is 12.9.